The van der Waals surface area contributed by atoms with Crippen LogP contribution in [-0.4, -0.2) is 11.7 Å². The van der Waals surface area contributed by atoms with E-state index >= 15 is 0 Å². The van der Waals surface area contributed by atoms with Gasteiger partial charge in [-0.05, 0) is 61.2 Å². The van der Waals surface area contributed by atoms with Crippen LogP contribution in [-0.2, 0) is 0 Å². The van der Waals surface area contributed by atoms with E-state index < -0.39 is 5.91 Å². The van der Waals surface area contributed by atoms with E-state index in [2.05, 4.69) is 0 Å². The number of benzene rings is 2. The van der Waals surface area contributed by atoms with Crippen molar-refractivity contribution in [2.45, 2.75) is 20.8 Å². The Labute approximate surface area is 118 Å². The zero-order chi connectivity index (χ0) is 14.9. The normalized spacial score (nSPS) is 10.3. The fraction of sp³-hybridized carbons (Fsp3) is 0.176. The Morgan fingerprint density at radius 3 is 2.35 bits per heavy atom. The summed E-state index contributed by atoms with van der Waals surface area (Å²) in [5.41, 5.74) is 10.1. The lowest BCUT2D eigenvalue weighted by molar-refractivity contribution is 0.0997. The molecule has 20 heavy (non-hydrogen) atoms. The highest BCUT2D eigenvalue weighted by Crippen LogP contribution is 2.29. The Bertz CT molecular complexity index is 702. The molecule has 3 nitrogen and oxygen atoms in total. The van der Waals surface area contributed by atoms with Crippen molar-refractivity contribution in [1.82, 2.24) is 0 Å². The molecule has 0 atom stereocenters. The third-order valence-corrected chi connectivity index (χ3v) is 3.31. The van der Waals surface area contributed by atoms with Crippen LogP contribution in [0.4, 0.5) is 0 Å². The highest BCUT2D eigenvalue weighted by molar-refractivity contribution is 6.02. The topological polar surface area (TPSA) is 60.2 Å². The molecule has 2 aromatic carbocycles. The Kier molecular flexibility index (Phi) is 3.70. The second-order valence-corrected chi connectivity index (χ2v) is 5.01. The van der Waals surface area contributed by atoms with Gasteiger partial charge in [0.25, 0.3) is 0 Å². The predicted molar refractivity (Wildman–Crippen MR) is 79.9 cm³/mol. The third-order valence-electron chi connectivity index (χ3n) is 3.31. The minimum atomic E-state index is -0.463. The first-order valence-corrected chi connectivity index (χ1v) is 6.42. The van der Waals surface area contributed by atoms with E-state index in [-0.39, 0.29) is 5.78 Å². The molecule has 0 bridgehead atoms. The van der Waals surface area contributed by atoms with Gasteiger partial charge in [0.05, 0.1) is 0 Å². The molecule has 2 N–H and O–H groups in total. The molecule has 0 fully saturated rings. The van der Waals surface area contributed by atoms with Crippen LogP contribution in [0.5, 0.6) is 0 Å². The number of carbonyl (C=O) groups excluding carboxylic acids is 2. The van der Waals surface area contributed by atoms with Crippen LogP contribution in [0.1, 0.15) is 38.8 Å². The second-order valence-electron chi connectivity index (χ2n) is 5.01. The monoisotopic (exact) mass is 267 g/mol. The highest BCUT2D eigenvalue weighted by Gasteiger charge is 2.14. The zero-order valence-electron chi connectivity index (χ0n) is 11.9. The largest absolute Gasteiger partial charge is 0.366 e. The fourth-order valence-corrected chi connectivity index (χ4v) is 2.39. The van der Waals surface area contributed by atoms with Gasteiger partial charge in [-0.3, -0.25) is 9.59 Å². The molecule has 0 aliphatic heterocycles. The molecule has 0 aliphatic carbocycles. The summed E-state index contributed by atoms with van der Waals surface area (Å²) >= 11 is 0. The number of amides is 1. The van der Waals surface area contributed by atoms with Crippen molar-refractivity contribution in [2.24, 2.45) is 5.73 Å². The summed E-state index contributed by atoms with van der Waals surface area (Å²) in [6.45, 7) is 5.39. The van der Waals surface area contributed by atoms with E-state index in [4.69, 9.17) is 5.73 Å². The molecule has 1 amide bonds. The molecule has 2 rings (SSSR count). The van der Waals surface area contributed by atoms with Crippen molar-refractivity contribution in [2.75, 3.05) is 0 Å². The number of hydrogen-bond donors (Lipinski definition) is 1. The van der Waals surface area contributed by atoms with E-state index in [0.29, 0.717) is 11.1 Å². The Morgan fingerprint density at radius 2 is 1.75 bits per heavy atom. The van der Waals surface area contributed by atoms with Gasteiger partial charge < -0.3 is 5.73 Å². The van der Waals surface area contributed by atoms with E-state index in [1.54, 1.807) is 12.1 Å². The van der Waals surface area contributed by atoms with Crippen LogP contribution < -0.4 is 5.73 Å². The first-order chi connectivity index (χ1) is 9.40. The van der Waals surface area contributed by atoms with Crippen LogP contribution in [0, 0.1) is 13.8 Å². The van der Waals surface area contributed by atoms with Crippen molar-refractivity contribution >= 4 is 11.7 Å². The molecular weight excluding hydrogens is 250 g/mol. The number of hydrogen-bond acceptors (Lipinski definition) is 2. The highest BCUT2D eigenvalue weighted by atomic mass is 16.1. The smallest absolute Gasteiger partial charge is 0.249 e. The molecule has 0 aromatic heterocycles. The van der Waals surface area contributed by atoms with E-state index in [1.165, 1.54) is 6.92 Å². The number of ketones is 1. The number of carbonyl (C=O) groups is 2. The van der Waals surface area contributed by atoms with Gasteiger partial charge >= 0.3 is 0 Å². The lowest BCUT2D eigenvalue weighted by Gasteiger charge is -2.12. The first-order valence-electron chi connectivity index (χ1n) is 6.42. The number of Topliss-reactive ketones (excluding diaryl/α,β-unsaturated/α-hetero) is 1. The average molecular weight is 267 g/mol. The number of aryl methyl sites for hydroxylation is 2. The molecule has 0 unspecified atom stereocenters. The Balaban J connectivity index is 2.74. The lowest BCUT2D eigenvalue weighted by atomic mass is 9.92. The summed E-state index contributed by atoms with van der Waals surface area (Å²) in [7, 11) is 0. The maximum absolute atomic E-state index is 11.6. The van der Waals surface area contributed by atoms with Crippen molar-refractivity contribution in [3.05, 3.63) is 58.7 Å². The van der Waals surface area contributed by atoms with Crippen molar-refractivity contribution in [1.29, 1.82) is 0 Å². The van der Waals surface area contributed by atoms with E-state index in [9.17, 15) is 9.59 Å². The Morgan fingerprint density at radius 1 is 1.05 bits per heavy atom. The van der Waals surface area contributed by atoms with Gasteiger partial charge in [0.1, 0.15) is 0 Å². The van der Waals surface area contributed by atoms with Crippen molar-refractivity contribution in [3.63, 3.8) is 0 Å². The maximum Gasteiger partial charge on any atom is 0.249 e. The molecular formula is C17H17NO2. The predicted octanol–water partition coefficient (Wildman–Crippen LogP) is 3.27. The fourth-order valence-electron chi connectivity index (χ4n) is 2.39. The van der Waals surface area contributed by atoms with Crippen LogP contribution in [0.3, 0.4) is 0 Å². The van der Waals surface area contributed by atoms with Gasteiger partial charge in [-0.1, -0.05) is 18.2 Å². The van der Waals surface area contributed by atoms with Gasteiger partial charge in [0.2, 0.25) is 5.91 Å². The van der Waals surface area contributed by atoms with Gasteiger partial charge in [-0.2, -0.15) is 0 Å². The number of primary amides is 1. The summed E-state index contributed by atoms with van der Waals surface area (Å²) in [6.07, 6.45) is 0. The molecule has 0 radical (unpaired) electrons. The van der Waals surface area contributed by atoms with Crippen LogP contribution >= 0.6 is 0 Å². The summed E-state index contributed by atoms with van der Waals surface area (Å²) in [6, 6.07) is 11.1. The van der Waals surface area contributed by atoms with Crippen molar-refractivity contribution < 1.29 is 9.59 Å². The number of rotatable bonds is 3. The van der Waals surface area contributed by atoms with Crippen molar-refractivity contribution in [3.8, 4) is 11.1 Å². The average Bonchev–Trinajstić information content (AvgIpc) is 2.37. The molecule has 0 spiro atoms. The molecule has 0 aliphatic rings. The standard InChI is InChI=1S/C17H17NO2/c1-10-7-13(12(3)19)9-14(8-10)16-11(2)5-4-6-15(16)17(18)20/h4-9H,1-3H3,(H2,18,20). The first kappa shape index (κ1) is 14.0. The van der Waals surface area contributed by atoms with Crippen LogP contribution in [0.15, 0.2) is 36.4 Å². The van der Waals surface area contributed by atoms with Crippen LogP contribution in [0.25, 0.3) is 11.1 Å². The maximum atomic E-state index is 11.6. The summed E-state index contributed by atoms with van der Waals surface area (Å²) < 4.78 is 0. The summed E-state index contributed by atoms with van der Waals surface area (Å²) in [5.74, 6) is -0.459. The molecule has 0 saturated carbocycles. The minimum Gasteiger partial charge on any atom is -0.366 e. The zero-order valence-corrected chi connectivity index (χ0v) is 11.9. The third kappa shape index (κ3) is 2.62. The second kappa shape index (κ2) is 5.29. The Hall–Kier alpha value is -2.42. The molecule has 102 valence electrons. The minimum absolute atomic E-state index is 0.00385. The van der Waals surface area contributed by atoms with Gasteiger partial charge in [-0.15, -0.1) is 0 Å². The summed E-state index contributed by atoms with van der Waals surface area (Å²) in [5, 5.41) is 0. The van der Waals surface area contributed by atoms with Crippen LogP contribution in [0.2, 0.25) is 0 Å². The van der Waals surface area contributed by atoms with Gasteiger partial charge in [-0.25, -0.2) is 0 Å². The van der Waals surface area contributed by atoms with Gasteiger partial charge in [0.15, 0.2) is 5.78 Å². The quantitative estimate of drug-likeness (QED) is 0.867. The number of nitrogens with two attached hydrogens (primary N) is 1. The van der Waals surface area contributed by atoms with Gasteiger partial charge in [0, 0.05) is 11.1 Å². The molecule has 2 aromatic rings. The summed E-state index contributed by atoms with van der Waals surface area (Å²) in [4.78, 5) is 23.2. The molecule has 0 heterocycles. The van der Waals surface area contributed by atoms with E-state index in [1.807, 2.05) is 38.1 Å². The molecule has 0 saturated heterocycles. The lowest BCUT2D eigenvalue weighted by Crippen LogP contribution is -2.13. The SMILES string of the molecule is CC(=O)c1cc(C)cc(-c2c(C)cccc2C(N)=O)c1. The van der Waals surface area contributed by atoms with E-state index in [0.717, 1.165) is 22.3 Å². The molecule has 3 heteroatoms.